The molecule has 1 aliphatic rings. The summed E-state index contributed by atoms with van der Waals surface area (Å²) in [6.07, 6.45) is 4.46. The van der Waals surface area contributed by atoms with Crippen LogP contribution in [0.5, 0.6) is 0 Å². The van der Waals surface area contributed by atoms with Gasteiger partial charge in [0.1, 0.15) is 0 Å². The molecule has 0 spiro atoms. The van der Waals surface area contributed by atoms with Crippen LogP contribution in [0.25, 0.3) is 11.1 Å². The van der Waals surface area contributed by atoms with Gasteiger partial charge in [0, 0.05) is 5.41 Å². The zero-order valence-electron chi connectivity index (χ0n) is 16.7. The molecule has 1 aliphatic carbocycles. The summed E-state index contributed by atoms with van der Waals surface area (Å²) in [6, 6.07) is 40.0. The lowest BCUT2D eigenvalue weighted by atomic mass is 9.70. The van der Waals surface area contributed by atoms with Gasteiger partial charge >= 0.3 is 0 Å². The smallest absolute Gasteiger partial charge is 0.0221 e. The molecule has 0 atom stereocenters. The lowest BCUT2D eigenvalue weighted by molar-refractivity contribution is 0.446. The first-order valence-electron chi connectivity index (χ1n) is 10.6. The predicted octanol–water partition coefficient (Wildman–Crippen LogP) is 7.22. The molecular formula is C29H26. The van der Waals surface area contributed by atoms with Gasteiger partial charge in [-0.3, -0.25) is 0 Å². The normalized spacial score (nSPS) is 13.7. The second-order valence-electron chi connectivity index (χ2n) is 8.14. The maximum absolute atomic E-state index is 2.37. The van der Waals surface area contributed by atoms with E-state index in [0.717, 1.165) is 25.7 Å². The van der Waals surface area contributed by atoms with Gasteiger partial charge in [0.25, 0.3) is 0 Å². The Morgan fingerprint density at radius 2 is 0.793 bits per heavy atom. The summed E-state index contributed by atoms with van der Waals surface area (Å²) in [4.78, 5) is 0. The van der Waals surface area contributed by atoms with Crippen molar-refractivity contribution in [1.29, 1.82) is 0 Å². The highest BCUT2D eigenvalue weighted by Gasteiger charge is 2.41. The molecule has 0 heteroatoms. The molecule has 0 N–H and O–H groups in total. The standard InChI is InChI=1S/C29H26/c1-3-11-23(12-4-1)19-21-29(22-20-24-13-5-2-6-14-24)27-17-9-7-15-25(27)26-16-8-10-18-28(26)29/h1-18H,19-22H2. The predicted molar refractivity (Wildman–Crippen MR) is 122 cm³/mol. The molecule has 0 heterocycles. The quantitative estimate of drug-likeness (QED) is 0.334. The first kappa shape index (κ1) is 17.9. The van der Waals surface area contributed by atoms with E-state index in [9.17, 15) is 0 Å². The summed E-state index contributed by atoms with van der Waals surface area (Å²) >= 11 is 0. The molecule has 4 aromatic carbocycles. The highest BCUT2D eigenvalue weighted by atomic mass is 14.4. The SMILES string of the molecule is c1ccc(CCC2(CCc3ccccc3)c3ccccc3-c3ccccc32)cc1. The zero-order chi connectivity index (χ0) is 19.5. The van der Waals surface area contributed by atoms with Crippen LogP contribution >= 0.6 is 0 Å². The van der Waals surface area contributed by atoms with Crippen LogP contribution in [-0.4, -0.2) is 0 Å². The van der Waals surface area contributed by atoms with E-state index in [1.807, 2.05) is 0 Å². The minimum absolute atomic E-state index is 0.0683. The lowest BCUT2D eigenvalue weighted by Gasteiger charge is -2.33. The van der Waals surface area contributed by atoms with Gasteiger partial charge in [0.05, 0.1) is 0 Å². The Morgan fingerprint density at radius 1 is 0.414 bits per heavy atom. The van der Waals surface area contributed by atoms with Crippen molar-refractivity contribution < 1.29 is 0 Å². The van der Waals surface area contributed by atoms with Gasteiger partial charge < -0.3 is 0 Å². The Bertz CT molecular complexity index is 1000. The molecule has 0 aromatic heterocycles. The van der Waals surface area contributed by atoms with Crippen LogP contribution < -0.4 is 0 Å². The van der Waals surface area contributed by atoms with Gasteiger partial charge in [0.2, 0.25) is 0 Å². The first-order chi connectivity index (χ1) is 14.4. The van der Waals surface area contributed by atoms with E-state index in [2.05, 4.69) is 109 Å². The lowest BCUT2D eigenvalue weighted by Crippen LogP contribution is -2.27. The van der Waals surface area contributed by atoms with Crippen molar-refractivity contribution in [1.82, 2.24) is 0 Å². The maximum atomic E-state index is 2.37. The van der Waals surface area contributed by atoms with Gasteiger partial charge in [-0.15, -0.1) is 0 Å². The van der Waals surface area contributed by atoms with E-state index in [-0.39, 0.29) is 5.41 Å². The topological polar surface area (TPSA) is 0 Å². The Kier molecular flexibility index (Phi) is 4.77. The van der Waals surface area contributed by atoms with E-state index in [0.29, 0.717) is 0 Å². The average molecular weight is 375 g/mol. The van der Waals surface area contributed by atoms with Crippen LogP contribution in [0.3, 0.4) is 0 Å². The molecule has 0 saturated heterocycles. The van der Waals surface area contributed by atoms with Crippen LogP contribution in [0.1, 0.15) is 35.1 Å². The molecule has 0 aliphatic heterocycles. The number of fused-ring (bicyclic) bond motifs is 3. The minimum atomic E-state index is 0.0683. The summed E-state index contributed by atoms with van der Waals surface area (Å²) in [6.45, 7) is 0. The maximum Gasteiger partial charge on any atom is 0.0221 e. The fourth-order valence-electron chi connectivity index (χ4n) is 5.08. The molecule has 0 bridgehead atoms. The van der Waals surface area contributed by atoms with Crippen molar-refractivity contribution in [3.8, 4) is 11.1 Å². The monoisotopic (exact) mass is 374 g/mol. The first-order valence-corrected chi connectivity index (χ1v) is 10.6. The summed E-state index contributed by atoms with van der Waals surface area (Å²) in [5.41, 5.74) is 8.77. The molecule has 5 rings (SSSR count). The fourth-order valence-corrected chi connectivity index (χ4v) is 5.08. The Balaban J connectivity index is 1.58. The van der Waals surface area contributed by atoms with Crippen LogP contribution in [0.15, 0.2) is 109 Å². The Morgan fingerprint density at radius 3 is 1.24 bits per heavy atom. The van der Waals surface area contributed by atoms with Crippen LogP contribution in [0.4, 0.5) is 0 Å². The zero-order valence-corrected chi connectivity index (χ0v) is 16.7. The van der Waals surface area contributed by atoms with E-state index < -0.39 is 0 Å². The van der Waals surface area contributed by atoms with E-state index in [1.165, 1.54) is 33.4 Å². The molecule has 0 amide bonds. The Labute approximate surface area is 173 Å². The number of benzene rings is 4. The van der Waals surface area contributed by atoms with E-state index in [1.54, 1.807) is 0 Å². The van der Waals surface area contributed by atoms with Crippen molar-refractivity contribution in [2.45, 2.75) is 31.1 Å². The summed E-state index contributed by atoms with van der Waals surface area (Å²) in [7, 11) is 0. The van der Waals surface area contributed by atoms with Gasteiger partial charge in [-0.2, -0.15) is 0 Å². The average Bonchev–Trinajstić information content (AvgIpc) is 3.08. The molecule has 142 valence electrons. The van der Waals surface area contributed by atoms with Crippen molar-refractivity contribution in [2.75, 3.05) is 0 Å². The van der Waals surface area contributed by atoms with E-state index in [4.69, 9.17) is 0 Å². The molecule has 0 nitrogen and oxygen atoms in total. The van der Waals surface area contributed by atoms with Crippen LogP contribution in [0, 0.1) is 0 Å². The van der Waals surface area contributed by atoms with Crippen LogP contribution in [-0.2, 0) is 18.3 Å². The number of rotatable bonds is 6. The van der Waals surface area contributed by atoms with Gasteiger partial charge in [-0.05, 0) is 59.1 Å². The van der Waals surface area contributed by atoms with Gasteiger partial charge in [-0.1, -0.05) is 109 Å². The third-order valence-corrected chi connectivity index (χ3v) is 6.54. The van der Waals surface area contributed by atoms with Gasteiger partial charge in [-0.25, -0.2) is 0 Å². The van der Waals surface area contributed by atoms with Crippen molar-refractivity contribution in [3.05, 3.63) is 131 Å². The largest absolute Gasteiger partial charge is 0.0622 e. The third-order valence-electron chi connectivity index (χ3n) is 6.54. The van der Waals surface area contributed by atoms with Gasteiger partial charge in [0.15, 0.2) is 0 Å². The van der Waals surface area contributed by atoms with Crippen molar-refractivity contribution in [3.63, 3.8) is 0 Å². The Hall–Kier alpha value is -3.12. The minimum Gasteiger partial charge on any atom is -0.0622 e. The molecule has 0 unspecified atom stereocenters. The van der Waals surface area contributed by atoms with Crippen molar-refractivity contribution in [2.24, 2.45) is 0 Å². The summed E-state index contributed by atoms with van der Waals surface area (Å²) in [5.74, 6) is 0. The number of hydrogen-bond donors (Lipinski definition) is 0. The number of aryl methyl sites for hydroxylation is 2. The molecular weight excluding hydrogens is 348 g/mol. The fraction of sp³-hybridized carbons (Fsp3) is 0.172. The molecule has 4 aromatic rings. The summed E-state index contributed by atoms with van der Waals surface area (Å²) < 4.78 is 0. The molecule has 0 radical (unpaired) electrons. The second-order valence-corrected chi connectivity index (χ2v) is 8.14. The number of hydrogen-bond acceptors (Lipinski definition) is 0. The highest BCUT2D eigenvalue weighted by Crippen LogP contribution is 2.53. The molecule has 0 saturated carbocycles. The van der Waals surface area contributed by atoms with Crippen LogP contribution in [0.2, 0.25) is 0 Å². The van der Waals surface area contributed by atoms with E-state index >= 15 is 0 Å². The molecule has 0 fully saturated rings. The highest BCUT2D eigenvalue weighted by molar-refractivity contribution is 5.81. The molecule has 29 heavy (non-hydrogen) atoms. The summed E-state index contributed by atoms with van der Waals surface area (Å²) in [5, 5.41) is 0. The second kappa shape index (κ2) is 7.72. The van der Waals surface area contributed by atoms with Crippen molar-refractivity contribution >= 4 is 0 Å². The third kappa shape index (κ3) is 3.29.